The molecule has 102 valence electrons. The predicted octanol–water partition coefficient (Wildman–Crippen LogP) is 3.97. The molecule has 1 saturated heterocycles. The van der Waals surface area contributed by atoms with Crippen molar-refractivity contribution in [2.24, 2.45) is 4.99 Å². The molecule has 0 N–H and O–H groups in total. The third-order valence-corrected chi connectivity index (χ3v) is 5.71. The Bertz CT molecular complexity index is 485. The quantitative estimate of drug-likeness (QED) is 0.570. The van der Waals surface area contributed by atoms with Crippen LogP contribution in [-0.2, 0) is 5.54 Å². The number of halogens is 1. The van der Waals surface area contributed by atoms with Crippen LogP contribution in [0.5, 0.6) is 0 Å². The molecular formula is C16H21IN2. The first-order valence-electron chi connectivity index (χ1n) is 7.31. The number of aliphatic imine (C=N–C) groups is 1. The molecule has 0 aliphatic carbocycles. The molecule has 1 aromatic carbocycles. The van der Waals surface area contributed by atoms with Crippen molar-refractivity contribution in [2.45, 2.75) is 38.1 Å². The van der Waals surface area contributed by atoms with Crippen molar-refractivity contribution in [3.05, 3.63) is 35.4 Å². The standard InChI is InChI=1S/C16H21IN2/c1-2-16(12-17)14-9-5-4-8-13(14)15(18-16)19-10-6-3-7-11-19/h4-5,8-9H,2-3,6-7,10-12H2,1H3. The number of amidine groups is 1. The molecule has 1 unspecified atom stereocenters. The van der Waals surface area contributed by atoms with Crippen LogP contribution >= 0.6 is 22.6 Å². The second-order valence-electron chi connectivity index (χ2n) is 5.55. The van der Waals surface area contributed by atoms with Gasteiger partial charge in [-0.1, -0.05) is 53.8 Å². The number of fused-ring (bicyclic) bond motifs is 1. The van der Waals surface area contributed by atoms with Crippen LogP contribution < -0.4 is 0 Å². The second-order valence-corrected chi connectivity index (χ2v) is 6.31. The minimum absolute atomic E-state index is 0.0178. The molecule has 0 spiro atoms. The van der Waals surface area contributed by atoms with Gasteiger partial charge in [0, 0.05) is 23.1 Å². The van der Waals surface area contributed by atoms with Gasteiger partial charge in [-0.05, 0) is 31.2 Å². The van der Waals surface area contributed by atoms with Crippen molar-refractivity contribution in [3.8, 4) is 0 Å². The first-order valence-corrected chi connectivity index (χ1v) is 8.84. The Morgan fingerprint density at radius 1 is 1.21 bits per heavy atom. The maximum atomic E-state index is 5.18. The van der Waals surface area contributed by atoms with Gasteiger partial charge < -0.3 is 4.90 Å². The van der Waals surface area contributed by atoms with Crippen molar-refractivity contribution < 1.29 is 0 Å². The lowest BCUT2D eigenvalue weighted by molar-refractivity contribution is 0.340. The van der Waals surface area contributed by atoms with Gasteiger partial charge in [0.2, 0.25) is 0 Å². The number of piperidine rings is 1. The summed E-state index contributed by atoms with van der Waals surface area (Å²) in [5.74, 6) is 1.26. The van der Waals surface area contributed by atoms with Crippen molar-refractivity contribution >= 4 is 28.4 Å². The number of hydrogen-bond donors (Lipinski definition) is 0. The van der Waals surface area contributed by atoms with Crippen molar-refractivity contribution in [3.63, 3.8) is 0 Å². The SMILES string of the molecule is CCC1(CI)N=C(N2CCCCC2)c2ccccc21. The molecule has 3 heteroatoms. The van der Waals surface area contributed by atoms with Gasteiger partial charge in [-0.2, -0.15) is 0 Å². The Kier molecular flexibility index (Phi) is 3.83. The highest BCUT2D eigenvalue weighted by Crippen LogP contribution is 2.40. The van der Waals surface area contributed by atoms with Crippen molar-refractivity contribution in [2.75, 3.05) is 17.5 Å². The zero-order valence-corrected chi connectivity index (χ0v) is 13.7. The zero-order valence-electron chi connectivity index (χ0n) is 11.5. The summed E-state index contributed by atoms with van der Waals surface area (Å²) in [6.07, 6.45) is 5.08. The highest BCUT2D eigenvalue weighted by molar-refractivity contribution is 14.1. The summed E-state index contributed by atoms with van der Waals surface area (Å²) >= 11 is 2.49. The minimum atomic E-state index is 0.0178. The van der Waals surface area contributed by atoms with Gasteiger partial charge in [-0.25, -0.2) is 0 Å². The molecule has 1 fully saturated rings. The number of rotatable bonds is 2. The molecule has 2 nitrogen and oxygen atoms in total. The lowest BCUT2D eigenvalue weighted by atomic mass is 9.89. The van der Waals surface area contributed by atoms with Gasteiger partial charge in [0.1, 0.15) is 5.84 Å². The molecule has 0 bridgehead atoms. The van der Waals surface area contributed by atoms with Crippen LogP contribution in [-0.4, -0.2) is 28.3 Å². The van der Waals surface area contributed by atoms with Gasteiger partial charge in [-0.3, -0.25) is 4.99 Å². The molecule has 0 amide bonds. The van der Waals surface area contributed by atoms with E-state index < -0.39 is 0 Å². The fourth-order valence-electron chi connectivity index (χ4n) is 3.22. The van der Waals surface area contributed by atoms with E-state index in [-0.39, 0.29) is 5.54 Å². The maximum Gasteiger partial charge on any atom is 0.132 e. The number of benzene rings is 1. The fraction of sp³-hybridized carbons (Fsp3) is 0.562. The summed E-state index contributed by atoms with van der Waals surface area (Å²) in [7, 11) is 0. The largest absolute Gasteiger partial charge is 0.356 e. The van der Waals surface area contributed by atoms with Crippen molar-refractivity contribution in [1.82, 2.24) is 4.90 Å². The summed E-state index contributed by atoms with van der Waals surface area (Å²) in [5, 5.41) is 0. The van der Waals surface area contributed by atoms with Gasteiger partial charge in [0.25, 0.3) is 0 Å². The molecule has 2 heterocycles. The van der Waals surface area contributed by atoms with Crippen LogP contribution in [0.2, 0.25) is 0 Å². The lowest BCUT2D eigenvalue weighted by Gasteiger charge is -2.29. The third kappa shape index (κ3) is 2.20. The molecule has 2 aliphatic heterocycles. The van der Waals surface area contributed by atoms with E-state index in [4.69, 9.17) is 4.99 Å². The average Bonchev–Trinajstić information content (AvgIpc) is 2.84. The van der Waals surface area contributed by atoms with Crippen LogP contribution in [0.1, 0.15) is 43.7 Å². The summed E-state index contributed by atoms with van der Waals surface area (Å²) in [4.78, 5) is 7.69. The molecule has 0 saturated carbocycles. The Morgan fingerprint density at radius 3 is 2.63 bits per heavy atom. The highest BCUT2D eigenvalue weighted by Gasteiger charge is 2.39. The predicted molar refractivity (Wildman–Crippen MR) is 89.3 cm³/mol. The Hall–Kier alpha value is -0.580. The molecule has 0 aromatic heterocycles. The Labute approximate surface area is 129 Å². The van der Waals surface area contributed by atoms with E-state index in [1.165, 1.54) is 49.3 Å². The minimum Gasteiger partial charge on any atom is -0.356 e. The van der Waals surface area contributed by atoms with Crippen LogP contribution in [0.3, 0.4) is 0 Å². The Balaban J connectivity index is 2.04. The molecule has 19 heavy (non-hydrogen) atoms. The van der Waals surface area contributed by atoms with Gasteiger partial charge in [0.05, 0.1) is 5.54 Å². The van der Waals surface area contributed by atoms with Crippen LogP contribution in [0.4, 0.5) is 0 Å². The normalized spacial score (nSPS) is 26.2. The lowest BCUT2D eigenvalue weighted by Crippen LogP contribution is -2.35. The van der Waals surface area contributed by atoms with E-state index in [0.717, 1.165) is 10.8 Å². The summed E-state index contributed by atoms with van der Waals surface area (Å²) in [5.41, 5.74) is 2.83. The Morgan fingerprint density at radius 2 is 1.95 bits per heavy atom. The van der Waals surface area contributed by atoms with E-state index in [1.54, 1.807) is 0 Å². The summed E-state index contributed by atoms with van der Waals surface area (Å²) in [6.45, 7) is 4.61. The van der Waals surface area contributed by atoms with Crippen molar-refractivity contribution in [1.29, 1.82) is 0 Å². The van der Waals surface area contributed by atoms with E-state index >= 15 is 0 Å². The summed E-state index contributed by atoms with van der Waals surface area (Å²) in [6, 6.07) is 8.84. The maximum absolute atomic E-state index is 5.18. The second kappa shape index (κ2) is 5.43. The molecular weight excluding hydrogens is 347 g/mol. The zero-order chi connectivity index (χ0) is 13.3. The van der Waals surface area contributed by atoms with Gasteiger partial charge in [-0.15, -0.1) is 0 Å². The van der Waals surface area contributed by atoms with Gasteiger partial charge >= 0.3 is 0 Å². The smallest absolute Gasteiger partial charge is 0.132 e. The fourth-order valence-corrected chi connectivity index (χ4v) is 4.34. The molecule has 2 aliphatic rings. The average molecular weight is 368 g/mol. The van der Waals surface area contributed by atoms with E-state index in [2.05, 4.69) is 58.7 Å². The van der Waals surface area contributed by atoms with E-state index in [9.17, 15) is 0 Å². The van der Waals surface area contributed by atoms with E-state index in [1.807, 2.05) is 0 Å². The number of likely N-dealkylation sites (tertiary alicyclic amines) is 1. The first-order chi connectivity index (χ1) is 9.30. The molecule has 1 aromatic rings. The monoisotopic (exact) mass is 368 g/mol. The topological polar surface area (TPSA) is 15.6 Å². The van der Waals surface area contributed by atoms with Gasteiger partial charge in [0.15, 0.2) is 0 Å². The van der Waals surface area contributed by atoms with Crippen LogP contribution in [0.15, 0.2) is 29.3 Å². The van der Waals surface area contributed by atoms with E-state index in [0.29, 0.717) is 0 Å². The van der Waals surface area contributed by atoms with Crippen LogP contribution in [0, 0.1) is 0 Å². The highest BCUT2D eigenvalue weighted by atomic mass is 127. The first kappa shape index (κ1) is 13.4. The molecule has 1 atom stereocenters. The third-order valence-electron chi connectivity index (χ3n) is 4.45. The number of nitrogens with zero attached hydrogens (tertiary/aromatic N) is 2. The molecule has 3 rings (SSSR count). The van der Waals surface area contributed by atoms with Crippen LogP contribution in [0.25, 0.3) is 0 Å². The molecule has 0 radical (unpaired) electrons. The number of alkyl halides is 1. The summed E-state index contributed by atoms with van der Waals surface area (Å²) < 4.78 is 1.07. The number of hydrogen-bond acceptors (Lipinski definition) is 2.